The van der Waals surface area contributed by atoms with E-state index in [4.69, 9.17) is 0 Å². The van der Waals surface area contributed by atoms with Crippen LogP contribution >= 0.6 is 0 Å². The van der Waals surface area contributed by atoms with Gasteiger partial charge in [-0.15, -0.1) is 0 Å². The monoisotopic (exact) mass is 347 g/mol. The molecule has 0 unspecified atom stereocenters. The highest BCUT2D eigenvalue weighted by molar-refractivity contribution is 5.79. The molecule has 1 aromatic heterocycles. The molecule has 0 saturated carbocycles. The van der Waals surface area contributed by atoms with E-state index in [9.17, 15) is 0 Å². The first-order valence-corrected chi connectivity index (χ1v) is 8.76. The van der Waals surface area contributed by atoms with Gasteiger partial charge in [-0.25, -0.2) is 4.98 Å². The van der Waals surface area contributed by atoms with Gasteiger partial charge >= 0.3 is 0 Å². The summed E-state index contributed by atoms with van der Waals surface area (Å²) in [4.78, 5) is 11.0. The average Bonchev–Trinajstić information content (AvgIpc) is 3.11. The number of nitrogens with one attached hydrogen (secondary N) is 1. The van der Waals surface area contributed by atoms with Crippen molar-refractivity contribution in [3.8, 4) is 0 Å². The molecule has 0 radical (unpaired) electrons. The fourth-order valence-corrected chi connectivity index (χ4v) is 2.91. The molecule has 0 atom stereocenters. The zero-order valence-electron chi connectivity index (χ0n) is 15.3. The van der Waals surface area contributed by atoms with Crippen molar-refractivity contribution in [2.24, 2.45) is 4.99 Å². The van der Waals surface area contributed by atoms with E-state index in [2.05, 4.69) is 73.3 Å². The molecule has 3 aromatic rings. The van der Waals surface area contributed by atoms with Crippen LogP contribution in [-0.2, 0) is 19.6 Å². The van der Waals surface area contributed by atoms with Crippen LogP contribution in [0.1, 0.15) is 17.0 Å². The summed E-state index contributed by atoms with van der Waals surface area (Å²) in [6.45, 7) is 2.25. The van der Waals surface area contributed by atoms with Crippen LogP contribution in [0.25, 0.3) is 0 Å². The lowest BCUT2D eigenvalue weighted by Crippen LogP contribution is -2.38. The lowest BCUT2D eigenvalue weighted by molar-refractivity contribution is 0.474. The molecule has 0 aliphatic rings. The van der Waals surface area contributed by atoms with E-state index in [1.54, 1.807) is 7.05 Å². The van der Waals surface area contributed by atoms with Gasteiger partial charge in [-0.05, 0) is 11.1 Å². The van der Waals surface area contributed by atoms with Crippen molar-refractivity contribution in [3.63, 3.8) is 0 Å². The van der Waals surface area contributed by atoms with Gasteiger partial charge in [0.2, 0.25) is 0 Å². The third-order valence-electron chi connectivity index (χ3n) is 4.24. The molecule has 0 spiro atoms. The van der Waals surface area contributed by atoms with Crippen molar-refractivity contribution >= 4 is 5.96 Å². The summed E-state index contributed by atoms with van der Waals surface area (Å²) < 4.78 is 2.16. The predicted octanol–water partition coefficient (Wildman–Crippen LogP) is 3.14. The standard InChI is InChI=1S/C21H25N5/c1-22-21(25(2)16-18-9-5-3-6-10-18)24-15-20-23-13-14-26(20)17-19-11-7-4-8-12-19/h3-14H,15-17H2,1-2H3,(H,22,24). The minimum atomic E-state index is 0.631. The molecule has 0 fully saturated rings. The van der Waals surface area contributed by atoms with Crippen LogP contribution in [0.5, 0.6) is 0 Å². The Morgan fingerprint density at radius 2 is 1.69 bits per heavy atom. The van der Waals surface area contributed by atoms with Gasteiger partial charge in [0.05, 0.1) is 6.54 Å². The SMILES string of the molecule is CN=C(NCc1nccn1Cc1ccccc1)N(C)Cc1ccccc1. The van der Waals surface area contributed by atoms with Gasteiger partial charge in [-0.2, -0.15) is 0 Å². The predicted molar refractivity (Wildman–Crippen MR) is 106 cm³/mol. The smallest absolute Gasteiger partial charge is 0.194 e. The van der Waals surface area contributed by atoms with Crippen LogP contribution in [0.15, 0.2) is 78.0 Å². The van der Waals surface area contributed by atoms with Crippen molar-refractivity contribution < 1.29 is 0 Å². The third kappa shape index (κ3) is 4.72. The molecule has 5 nitrogen and oxygen atoms in total. The maximum atomic E-state index is 4.49. The van der Waals surface area contributed by atoms with E-state index >= 15 is 0 Å². The minimum absolute atomic E-state index is 0.631. The number of nitrogens with zero attached hydrogens (tertiary/aromatic N) is 4. The van der Waals surface area contributed by atoms with Gasteiger partial charge in [0.1, 0.15) is 5.82 Å². The molecule has 0 saturated heterocycles. The van der Waals surface area contributed by atoms with Crippen LogP contribution in [0.2, 0.25) is 0 Å². The van der Waals surface area contributed by atoms with Crippen LogP contribution < -0.4 is 5.32 Å². The summed E-state index contributed by atoms with van der Waals surface area (Å²) in [6, 6.07) is 20.8. The van der Waals surface area contributed by atoms with Crippen LogP contribution in [0.4, 0.5) is 0 Å². The van der Waals surface area contributed by atoms with Gasteiger partial charge in [0, 0.05) is 39.6 Å². The van der Waals surface area contributed by atoms with E-state index in [1.165, 1.54) is 11.1 Å². The first-order chi connectivity index (χ1) is 12.8. The fourth-order valence-electron chi connectivity index (χ4n) is 2.91. The summed E-state index contributed by atoms with van der Waals surface area (Å²) in [5.74, 6) is 1.84. The molecule has 1 N–H and O–H groups in total. The Bertz CT molecular complexity index is 824. The lowest BCUT2D eigenvalue weighted by atomic mass is 10.2. The second-order valence-corrected chi connectivity index (χ2v) is 6.20. The Morgan fingerprint density at radius 3 is 2.35 bits per heavy atom. The highest BCUT2D eigenvalue weighted by atomic mass is 15.3. The normalized spacial score (nSPS) is 11.4. The first kappa shape index (κ1) is 17.7. The fraction of sp³-hybridized carbons (Fsp3) is 0.238. The van der Waals surface area contributed by atoms with E-state index in [1.807, 2.05) is 31.6 Å². The average molecular weight is 347 g/mol. The number of benzene rings is 2. The van der Waals surface area contributed by atoms with Gasteiger partial charge in [-0.1, -0.05) is 60.7 Å². The van der Waals surface area contributed by atoms with E-state index in [0.717, 1.165) is 24.9 Å². The third-order valence-corrected chi connectivity index (χ3v) is 4.24. The van der Waals surface area contributed by atoms with E-state index in [0.29, 0.717) is 6.54 Å². The molecule has 0 bridgehead atoms. The Kier molecular flexibility index (Phi) is 6.04. The largest absolute Gasteiger partial charge is 0.349 e. The van der Waals surface area contributed by atoms with E-state index < -0.39 is 0 Å². The summed E-state index contributed by atoms with van der Waals surface area (Å²) in [5.41, 5.74) is 2.51. The molecular weight excluding hydrogens is 322 g/mol. The first-order valence-electron chi connectivity index (χ1n) is 8.76. The van der Waals surface area contributed by atoms with E-state index in [-0.39, 0.29) is 0 Å². The van der Waals surface area contributed by atoms with Gasteiger partial charge < -0.3 is 14.8 Å². The molecule has 5 heteroatoms. The van der Waals surface area contributed by atoms with Crippen LogP contribution in [-0.4, -0.2) is 34.5 Å². The summed E-state index contributed by atoms with van der Waals surface area (Å²) in [7, 11) is 3.85. The van der Waals surface area contributed by atoms with Crippen LogP contribution in [0.3, 0.4) is 0 Å². The maximum Gasteiger partial charge on any atom is 0.194 e. The quantitative estimate of drug-likeness (QED) is 0.550. The number of hydrogen-bond acceptors (Lipinski definition) is 2. The lowest BCUT2D eigenvalue weighted by Gasteiger charge is -2.22. The number of hydrogen-bond donors (Lipinski definition) is 1. The molecule has 0 aliphatic heterocycles. The van der Waals surface area contributed by atoms with Crippen molar-refractivity contribution in [1.82, 2.24) is 19.8 Å². The Hall–Kier alpha value is -3.08. The number of aliphatic imine (C=N–C) groups is 1. The van der Waals surface area contributed by atoms with Gasteiger partial charge in [0.15, 0.2) is 5.96 Å². The Balaban J connectivity index is 1.60. The van der Waals surface area contributed by atoms with Crippen molar-refractivity contribution in [1.29, 1.82) is 0 Å². The zero-order valence-corrected chi connectivity index (χ0v) is 15.3. The summed E-state index contributed by atoms with van der Waals surface area (Å²) in [6.07, 6.45) is 3.86. The molecule has 2 aromatic carbocycles. The van der Waals surface area contributed by atoms with Gasteiger partial charge in [0.25, 0.3) is 0 Å². The highest BCUT2D eigenvalue weighted by Gasteiger charge is 2.09. The Labute approximate surface area is 155 Å². The topological polar surface area (TPSA) is 45.5 Å². The summed E-state index contributed by atoms with van der Waals surface area (Å²) in [5, 5.41) is 3.41. The minimum Gasteiger partial charge on any atom is -0.349 e. The number of aromatic nitrogens is 2. The molecule has 0 amide bonds. The second kappa shape index (κ2) is 8.85. The van der Waals surface area contributed by atoms with Crippen LogP contribution in [0, 0.1) is 0 Å². The molecule has 134 valence electrons. The van der Waals surface area contributed by atoms with Gasteiger partial charge in [-0.3, -0.25) is 4.99 Å². The summed E-state index contributed by atoms with van der Waals surface area (Å²) >= 11 is 0. The number of rotatable bonds is 6. The number of imidazole rings is 1. The molecule has 0 aliphatic carbocycles. The maximum absolute atomic E-state index is 4.49. The molecule has 1 heterocycles. The zero-order chi connectivity index (χ0) is 18.2. The molecule has 26 heavy (non-hydrogen) atoms. The van der Waals surface area contributed by atoms with Crippen molar-refractivity contribution in [2.45, 2.75) is 19.6 Å². The number of guanidine groups is 1. The van der Waals surface area contributed by atoms with Crippen molar-refractivity contribution in [3.05, 3.63) is 90.0 Å². The van der Waals surface area contributed by atoms with Crippen molar-refractivity contribution in [2.75, 3.05) is 14.1 Å². The second-order valence-electron chi connectivity index (χ2n) is 6.20. The molecular formula is C21H25N5. The Morgan fingerprint density at radius 1 is 1.04 bits per heavy atom. The highest BCUT2D eigenvalue weighted by Crippen LogP contribution is 2.06. The molecule has 3 rings (SSSR count).